The van der Waals surface area contributed by atoms with Gasteiger partial charge in [-0.2, -0.15) is 0 Å². The number of anilines is 1. The van der Waals surface area contributed by atoms with Gasteiger partial charge in [-0.3, -0.25) is 0 Å². The van der Waals surface area contributed by atoms with Crippen LogP contribution in [0.5, 0.6) is 5.75 Å². The minimum atomic E-state index is 0.567. The van der Waals surface area contributed by atoms with Crippen LogP contribution in [0.3, 0.4) is 0 Å². The Hall–Kier alpha value is -1.38. The Morgan fingerprint density at radius 1 is 1.05 bits per heavy atom. The van der Waals surface area contributed by atoms with Crippen LogP contribution in [0.1, 0.15) is 11.1 Å². The lowest BCUT2D eigenvalue weighted by Crippen LogP contribution is -2.01. The number of methoxy groups -OCH3 is 1. The minimum Gasteiger partial charge on any atom is -0.495 e. The van der Waals surface area contributed by atoms with Crippen LogP contribution < -0.4 is 10.1 Å². The first-order valence-electron chi connectivity index (χ1n) is 5.92. The van der Waals surface area contributed by atoms with Crippen LogP contribution in [0.15, 0.2) is 36.4 Å². The molecule has 0 bridgehead atoms. The standard InChI is InChI=1S/C15H15Cl2NO/c1-10-3-6-15(19-2)14(7-10)18-9-11-4-5-12(16)13(17)8-11/h3-8,18H,9H2,1-2H3. The van der Waals surface area contributed by atoms with Crippen LogP contribution in [0.25, 0.3) is 0 Å². The summed E-state index contributed by atoms with van der Waals surface area (Å²) in [7, 11) is 1.66. The topological polar surface area (TPSA) is 21.3 Å². The smallest absolute Gasteiger partial charge is 0.141 e. The first-order valence-corrected chi connectivity index (χ1v) is 6.68. The molecule has 0 amide bonds. The average Bonchev–Trinajstić information content (AvgIpc) is 2.40. The molecule has 0 fully saturated rings. The highest BCUT2D eigenvalue weighted by molar-refractivity contribution is 6.42. The van der Waals surface area contributed by atoms with Crippen molar-refractivity contribution >= 4 is 28.9 Å². The van der Waals surface area contributed by atoms with Crippen LogP contribution in [0.4, 0.5) is 5.69 Å². The van der Waals surface area contributed by atoms with Gasteiger partial charge in [-0.05, 0) is 42.3 Å². The molecule has 1 N–H and O–H groups in total. The van der Waals surface area contributed by atoms with E-state index in [4.69, 9.17) is 27.9 Å². The van der Waals surface area contributed by atoms with Crippen molar-refractivity contribution in [1.29, 1.82) is 0 Å². The third kappa shape index (κ3) is 3.55. The predicted molar refractivity (Wildman–Crippen MR) is 81.5 cm³/mol. The number of ether oxygens (including phenoxy) is 1. The van der Waals surface area contributed by atoms with E-state index in [1.54, 1.807) is 13.2 Å². The molecule has 2 rings (SSSR count). The molecule has 100 valence electrons. The fourth-order valence-electron chi connectivity index (χ4n) is 1.81. The molecule has 19 heavy (non-hydrogen) atoms. The van der Waals surface area contributed by atoms with E-state index in [0.29, 0.717) is 16.6 Å². The first-order chi connectivity index (χ1) is 9.10. The van der Waals surface area contributed by atoms with Crippen molar-refractivity contribution in [3.05, 3.63) is 57.6 Å². The number of nitrogens with one attached hydrogen (secondary N) is 1. The number of hydrogen-bond acceptors (Lipinski definition) is 2. The van der Waals surface area contributed by atoms with Crippen LogP contribution >= 0.6 is 23.2 Å². The van der Waals surface area contributed by atoms with Crippen molar-refractivity contribution in [3.8, 4) is 5.75 Å². The summed E-state index contributed by atoms with van der Waals surface area (Å²) in [6.07, 6.45) is 0. The molecule has 0 spiro atoms. The normalized spacial score (nSPS) is 10.3. The van der Waals surface area contributed by atoms with Crippen LogP contribution in [-0.4, -0.2) is 7.11 Å². The molecular weight excluding hydrogens is 281 g/mol. The fourth-order valence-corrected chi connectivity index (χ4v) is 2.13. The summed E-state index contributed by atoms with van der Waals surface area (Å²) >= 11 is 11.9. The molecule has 0 saturated heterocycles. The quantitative estimate of drug-likeness (QED) is 0.864. The van der Waals surface area contributed by atoms with E-state index in [1.165, 1.54) is 5.56 Å². The maximum absolute atomic E-state index is 5.99. The highest BCUT2D eigenvalue weighted by atomic mass is 35.5. The number of halogens is 2. The van der Waals surface area contributed by atoms with Crippen molar-refractivity contribution in [2.75, 3.05) is 12.4 Å². The SMILES string of the molecule is COc1ccc(C)cc1NCc1ccc(Cl)c(Cl)c1. The van der Waals surface area contributed by atoms with E-state index in [2.05, 4.69) is 11.4 Å². The number of hydrogen-bond donors (Lipinski definition) is 1. The van der Waals surface area contributed by atoms with E-state index < -0.39 is 0 Å². The van der Waals surface area contributed by atoms with Crippen molar-refractivity contribution in [3.63, 3.8) is 0 Å². The van der Waals surface area contributed by atoms with E-state index in [0.717, 1.165) is 17.0 Å². The van der Waals surface area contributed by atoms with Crippen LogP contribution in [0, 0.1) is 6.92 Å². The molecule has 0 unspecified atom stereocenters. The zero-order valence-corrected chi connectivity index (χ0v) is 12.3. The average molecular weight is 296 g/mol. The highest BCUT2D eigenvalue weighted by Crippen LogP contribution is 2.27. The maximum Gasteiger partial charge on any atom is 0.141 e. The number of rotatable bonds is 4. The fraction of sp³-hybridized carbons (Fsp3) is 0.200. The van der Waals surface area contributed by atoms with Crippen molar-refractivity contribution in [2.45, 2.75) is 13.5 Å². The van der Waals surface area contributed by atoms with Gasteiger partial charge in [-0.1, -0.05) is 35.3 Å². The lowest BCUT2D eigenvalue weighted by Gasteiger charge is -2.12. The maximum atomic E-state index is 5.99. The second-order valence-corrected chi connectivity index (χ2v) is 5.12. The molecule has 0 aliphatic rings. The van der Waals surface area contributed by atoms with Crippen molar-refractivity contribution < 1.29 is 4.74 Å². The van der Waals surface area contributed by atoms with Crippen molar-refractivity contribution in [1.82, 2.24) is 0 Å². The summed E-state index contributed by atoms with van der Waals surface area (Å²) < 4.78 is 5.32. The Balaban J connectivity index is 2.13. The third-order valence-corrected chi connectivity index (χ3v) is 3.56. The monoisotopic (exact) mass is 295 g/mol. The zero-order valence-electron chi connectivity index (χ0n) is 10.8. The number of benzene rings is 2. The molecule has 0 aliphatic carbocycles. The lowest BCUT2D eigenvalue weighted by molar-refractivity contribution is 0.416. The Kier molecular flexibility index (Phi) is 4.56. The van der Waals surface area contributed by atoms with Gasteiger partial charge in [0.1, 0.15) is 5.75 Å². The zero-order chi connectivity index (χ0) is 13.8. The summed E-state index contributed by atoms with van der Waals surface area (Å²) in [5.74, 6) is 0.825. The predicted octanol–water partition coefficient (Wildman–Crippen LogP) is 4.92. The molecule has 0 saturated carbocycles. The van der Waals surface area contributed by atoms with Crippen LogP contribution in [0.2, 0.25) is 10.0 Å². The summed E-state index contributed by atoms with van der Waals surface area (Å²) in [6, 6.07) is 11.6. The van der Waals surface area contributed by atoms with Gasteiger partial charge in [0.2, 0.25) is 0 Å². The summed E-state index contributed by atoms with van der Waals surface area (Å²) in [5, 5.41) is 4.48. The van der Waals surface area contributed by atoms with E-state index in [-0.39, 0.29) is 0 Å². The molecule has 0 heterocycles. The van der Waals surface area contributed by atoms with Gasteiger partial charge in [0.25, 0.3) is 0 Å². The van der Waals surface area contributed by atoms with Gasteiger partial charge >= 0.3 is 0 Å². The van der Waals surface area contributed by atoms with E-state index in [9.17, 15) is 0 Å². The Labute approximate surface area is 123 Å². The van der Waals surface area contributed by atoms with Gasteiger partial charge in [0.05, 0.1) is 22.8 Å². The summed E-state index contributed by atoms with van der Waals surface area (Å²) in [6.45, 7) is 2.71. The largest absolute Gasteiger partial charge is 0.495 e. The van der Waals surface area contributed by atoms with Gasteiger partial charge in [-0.15, -0.1) is 0 Å². The lowest BCUT2D eigenvalue weighted by atomic mass is 10.2. The van der Waals surface area contributed by atoms with Crippen LogP contribution in [-0.2, 0) is 6.54 Å². The van der Waals surface area contributed by atoms with Gasteiger partial charge < -0.3 is 10.1 Å². The Bertz CT molecular complexity index is 584. The molecule has 2 nitrogen and oxygen atoms in total. The minimum absolute atomic E-state index is 0.567. The molecule has 2 aromatic rings. The van der Waals surface area contributed by atoms with E-state index in [1.807, 2.05) is 31.2 Å². The Morgan fingerprint density at radius 2 is 1.84 bits per heavy atom. The molecule has 0 aliphatic heterocycles. The van der Waals surface area contributed by atoms with E-state index >= 15 is 0 Å². The summed E-state index contributed by atoms with van der Waals surface area (Å²) in [4.78, 5) is 0. The Morgan fingerprint density at radius 3 is 2.53 bits per heavy atom. The second kappa shape index (κ2) is 6.18. The molecule has 4 heteroatoms. The highest BCUT2D eigenvalue weighted by Gasteiger charge is 2.04. The van der Waals surface area contributed by atoms with Crippen molar-refractivity contribution in [2.24, 2.45) is 0 Å². The van der Waals surface area contributed by atoms with Gasteiger partial charge in [-0.25, -0.2) is 0 Å². The molecule has 0 aromatic heterocycles. The summed E-state index contributed by atoms with van der Waals surface area (Å²) in [5.41, 5.74) is 3.21. The van der Waals surface area contributed by atoms with Gasteiger partial charge in [0, 0.05) is 6.54 Å². The third-order valence-electron chi connectivity index (χ3n) is 2.82. The molecule has 0 atom stereocenters. The molecule has 2 aromatic carbocycles. The second-order valence-electron chi connectivity index (χ2n) is 4.31. The molecular formula is C15H15Cl2NO. The molecule has 0 radical (unpaired) electrons. The number of aryl methyl sites for hydroxylation is 1. The van der Waals surface area contributed by atoms with Gasteiger partial charge in [0.15, 0.2) is 0 Å². The first kappa shape index (κ1) is 14.0.